The summed E-state index contributed by atoms with van der Waals surface area (Å²) in [5.41, 5.74) is 0. The molecule has 0 unspecified atom stereocenters. The lowest BCUT2D eigenvalue weighted by molar-refractivity contribution is 0.318. The maximum absolute atomic E-state index is 6.53. The molecule has 0 aromatic rings. The van der Waals surface area contributed by atoms with E-state index >= 15 is 0 Å². The van der Waals surface area contributed by atoms with E-state index in [0.29, 0.717) is 0 Å². The average molecular weight is 327 g/mol. The molecule has 1 fully saturated rings. The van der Waals surface area contributed by atoms with Crippen LogP contribution in [0.5, 0.6) is 0 Å². The van der Waals surface area contributed by atoms with Crippen molar-refractivity contribution in [3.05, 3.63) is 0 Å². The molecule has 0 bridgehead atoms. The Kier molecular flexibility index (Phi) is 5.18. The number of rotatable bonds is 4. The second-order valence-electron chi connectivity index (χ2n) is 6.50. The second kappa shape index (κ2) is 5.44. The lowest BCUT2D eigenvalue weighted by Crippen LogP contribution is -2.66. The van der Waals surface area contributed by atoms with Gasteiger partial charge in [-0.1, -0.05) is 0 Å². The molecule has 1 aliphatic heterocycles. The van der Waals surface area contributed by atoms with E-state index in [1.165, 1.54) is 0 Å². The van der Waals surface area contributed by atoms with Gasteiger partial charge in [-0.2, -0.15) is 0 Å². The molecule has 1 aliphatic rings. The van der Waals surface area contributed by atoms with Gasteiger partial charge in [-0.3, -0.25) is 0 Å². The zero-order valence-electron chi connectivity index (χ0n) is 11.6. The first kappa shape index (κ1) is 15.2. The van der Waals surface area contributed by atoms with Crippen molar-refractivity contribution in [2.24, 2.45) is 0 Å². The Labute approximate surface area is 109 Å². The molecule has 0 aromatic carbocycles. The summed E-state index contributed by atoms with van der Waals surface area (Å²) < 4.78 is 18.9. The monoisotopic (exact) mass is 326 g/mol. The van der Waals surface area contributed by atoms with Crippen molar-refractivity contribution < 1.29 is 12.7 Å². The highest BCUT2D eigenvalue weighted by molar-refractivity contribution is 7.52. The van der Waals surface area contributed by atoms with Gasteiger partial charge in [-0.25, -0.2) is 0 Å². The first-order chi connectivity index (χ1) is 7.12. The van der Waals surface area contributed by atoms with Crippen LogP contribution in [0.25, 0.3) is 0 Å². The van der Waals surface area contributed by atoms with Crippen molar-refractivity contribution in [2.75, 3.05) is 6.23 Å². The predicted octanol–water partition coefficient (Wildman–Crippen LogP) is -0.551. The topological polar surface area (TPSA) is 27.7 Å². The molecule has 0 spiro atoms. The summed E-state index contributed by atoms with van der Waals surface area (Å²) in [5.74, 6) is 0. The second-order valence-corrected chi connectivity index (χ2v) is 39.7. The van der Waals surface area contributed by atoms with Crippen molar-refractivity contribution in [1.82, 2.24) is 0 Å². The summed E-state index contributed by atoms with van der Waals surface area (Å²) in [6.07, 6.45) is 0.896. The number of hydrogen-bond acceptors (Lipinski definition) is 3. The molecule has 0 radical (unpaired) electrons. The van der Waals surface area contributed by atoms with E-state index in [0.717, 1.165) is 6.23 Å². The Balaban J connectivity index is 2.75. The molecule has 9 heteroatoms. The van der Waals surface area contributed by atoms with Crippen LogP contribution >= 0.6 is 0 Å². The summed E-state index contributed by atoms with van der Waals surface area (Å²) in [7, 11) is -4.63. The quantitative estimate of drug-likeness (QED) is 0.649. The number of hydrogen-bond donors (Lipinski definition) is 0. The molecule has 0 amide bonds. The SMILES string of the molecule is C[Si](C)(C)O[Si]1(O[Si](C)(C)C)CO[SiH2][SiH2][SiH2]1. The third-order valence-corrected chi connectivity index (χ3v) is 43.4. The van der Waals surface area contributed by atoms with Gasteiger partial charge in [0, 0.05) is 8.55 Å². The van der Waals surface area contributed by atoms with E-state index in [1.54, 1.807) is 0 Å². The minimum Gasteiger partial charge on any atom is -0.438 e. The molecule has 16 heavy (non-hydrogen) atoms. The first-order valence-corrected chi connectivity index (χ1v) is 25.8. The van der Waals surface area contributed by atoms with Crippen LogP contribution in [0.15, 0.2) is 0 Å². The minimum absolute atomic E-state index is 0.00449. The van der Waals surface area contributed by atoms with Crippen LogP contribution in [0.4, 0.5) is 0 Å². The molecule has 1 heterocycles. The molecule has 0 saturated carbocycles. The van der Waals surface area contributed by atoms with E-state index < -0.39 is 24.7 Å². The van der Waals surface area contributed by atoms with Crippen LogP contribution in [-0.2, 0) is 12.7 Å². The van der Waals surface area contributed by atoms with Crippen molar-refractivity contribution in [3.8, 4) is 0 Å². The van der Waals surface area contributed by atoms with E-state index in [9.17, 15) is 0 Å². The summed E-state index contributed by atoms with van der Waals surface area (Å²) >= 11 is 0. The van der Waals surface area contributed by atoms with Gasteiger partial charge in [-0.15, -0.1) is 0 Å². The van der Waals surface area contributed by atoms with Crippen LogP contribution in [0.1, 0.15) is 0 Å². The average Bonchev–Trinajstić information content (AvgIpc) is 1.97. The van der Waals surface area contributed by atoms with Crippen LogP contribution in [0.2, 0.25) is 39.3 Å². The summed E-state index contributed by atoms with van der Waals surface area (Å²) in [6.45, 7) is 13.7. The van der Waals surface area contributed by atoms with Crippen molar-refractivity contribution >= 4 is 51.1 Å². The van der Waals surface area contributed by atoms with E-state index in [2.05, 4.69) is 39.3 Å². The van der Waals surface area contributed by atoms with Gasteiger partial charge < -0.3 is 12.7 Å². The minimum atomic E-state index is -1.82. The van der Waals surface area contributed by atoms with Gasteiger partial charge in [-0.05, 0) is 39.3 Å². The van der Waals surface area contributed by atoms with Crippen LogP contribution in [-0.4, -0.2) is 57.3 Å². The van der Waals surface area contributed by atoms with Crippen LogP contribution < -0.4 is 0 Å². The zero-order valence-corrected chi connectivity index (χ0v) is 18.8. The molecule has 0 aromatic heterocycles. The van der Waals surface area contributed by atoms with Crippen molar-refractivity contribution in [2.45, 2.75) is 39.3 Å². The Morgan fingerprint density at radius 2 is 1.50 bits per heavy atom. The smallest absolute Gasteiger partial charge is 0.309 e. The Hall–Kier alpha value is 1.18. The maximum Gasteiger partial charge on any atom is 0.309 e. The van der Waals surface area contributed by atoms with Gasteiger partial charge in [0.05, 0.1) is 14.8 Å². The standard InChI is InChI=1S/C7H26O3Si6/c1-14(2,3)9-16(10-15(4,5)6)7-8-11-12-13-16/h7,11-13H2,1-6H3. The Morgan fingerprint density at radius 1 is 1.00 bits per heavy atom. The largest absolute Gasteiger partial charge is 0.438 e. The van der Waals surface area contributed by atoms with Gasteiger partial charge in [0.15, 0.2) is 16.6 Å². The lowest BCUT2D eigenvalue weighted by atomic mass is 11.7. The predicted molar refractivity (Wildman–Crippen MR) is 86.2 cm³/mol. The Morgan fingerprint density at radius 3 is 1.81 bits per heavy atom. The maximum atomic E-state index is 6.53. The molecule has 96 valence electrons. The van der Waals surface area contributed by atoms with Gasteiger partial charge in [0.25, 0.3) is 0 Å². The normalized spacial score (nSPS) is 26.6. The molecular formula is C7H26O3Si6. The summed E-state index contributed by atoms with van der Waals surface area (Å²) in [6, 6.07) is 0. The highest BCUT2D eigenvalue weighted by Gasteiger charge is 2.45. The van der Waals surface area contributed by atoms with E-state index in [-0.39, 0.29) is 26.4 Å². The Bertz CT molecular complexity index is 211. The summed E-state index contributed by atoms with van der Waals surface area (Å²) in [4.78, 5) is 0. The molecule has 0 aliphatic carbocycles. The van der Waals surface area contributed by atoms with Crippen LogP contribution in [0.3, 0.4) is 0 Å². The van der Waals surface area contributed by atoms with Crippen molar-refractivity contribution in [3.63, 3.8) is 0 Å². The molecular weight excluding hydrogens is 301 g/mol. The lowest BCUT2D eigenvalue weighted by Gasteiger charge is -2.42. The van der Waals surface area contributed by atoms with Crippen LogP contribution in [0, 0.1) is 0 Å². The zero-order chi connectivity index (χ0) is 12.4. The molecule has 3 nitrogen and oxygen atoms in total. The van der Waals surface area contributed by atoms with Crippen molar-refractivity contribution in [1.29, 1.82) is 0 Å². The van der Waals surface area contributed by atoms with Gasteiger partial charge >= 0.3 is 8.08 Å². The highest BCUT2D eigenvalue weighted by Crippen LogP contribution is 2.21. The summed E-state index contributed by atoms with van der Waals surface area (Å²) in [5, 5.41) is 0. The van der Waals surface area contributed by atoms with E-state index in [4.69, 9.17) is 12.7 Å². The third-order valence-electron chi connectivity index (χ3n) is 2.15. The third kappa shape index (κ3) is 5.68. The fraction of sp³-hybridized carbons (Fsp3) is 1.00. The van der Waals surface area contributed by atoms with Gasteiger partial charge in [0.1, 0.15) is 9.28 Å². The molecule has 1 rings (SSSR count). The highest BCUT2D eigenvalue weighted by atomic mass is 29.7. The van der Waals surface area contributed by atoms with Gasteiger partial charge in [0.2, 0.25) is 0 Å². The fourth-order valence-corrected chi connectivity index (χ4v) is 64.2. The van der Waals surface area contributed by atoms with E-state index in [1.807, 2.05) is 0 Å². The first-order valence-electron chi connectivity index (χ1n) is 6.10. The fourth-order valence-electron chi connectivity index (χ4n) is 2.04. The molecule has 1 saturated heterocycles. The molecule has 0 atom stereocenters. The molecule has 0 N–H and O–H groups in total.